The number of methoxy groups -OCH3 is 2. The maximum atomic E-state index is 12.9. The summed E-state index contributed by atoms with van der Waals surface area (Å²) in [6, 6.07) is 26.8. The molecule has 184 valence electrons. The van der Waals surface area contributed by atoms with E-state index in [1.165, 1.54) is 0 Å². The van der Waals surface area contributed by atoms with Gasteiger partial charge < -0.3 is 20.1 Å². The molecule has 0 spiro atoms. The number of amides is 1. The Labute approximate surface area is 215 Å². The molecule has 1 heterocycles. The number of nitrogens with zero attached hydrogens (tertiary/aromatic N) is 2. The molecule has 0 unspecified atom stereocenters. The second kappa shape index (κ2) is 10.4. The maximum Gasteiger partial charge on any atom is 0.255 e. The molecule has 4 aromatic carbocycles. The van der Waals surface area contributed by atoms with E-state index in [1.807, 2.05) is 91.9 Å². The Kier molecular flexibility index (Phi) is 6.68. The van der Waals surface area contributed by atoms with Gasteiger partial charge in [-0.15, -0.1) is 0 Å². The molecule has 0 saturated carbocycles. The Morgan fingerprint density at radius 2 is 1.62 bits per heavy atom. The number of fused-ring (bicyclic) bond motifs is 1. The number of hydrogen-bond donors (Lipinski definition) is 2. The third kappa shape index (κ3) is 5.21. The molecule has 0 atom stereocenters. The molecule has 0 aliphatic heterocycles. The number of rotatable bonds is 7. The van der Waals surface area contributed by atoms with Gasteiger partial charge in [-0.25, -0.2) is 9.97 Å². The van der Waals surface area contributed by atoms with Gasteiger partial charge in [0.25, 0.3) is 5.91 Å². The van der Waals surface area contributed by atoms with Gasteiger partial charge in [-0.3, -0.25) is 4.79 Å². The van der Waals surface area contributed by atoms with Crippen LogP contribution in [0.15, 0.2) is 91.1 Å². The molecule has 37 heavy (non-hydrogen) atoms. The van der Waals surface area contributed by atoms with Gasteiger partial charge in [0.05, 0.1) is 19.9 Å². The van der Waals surface area contributed by atoms with Crippen LogP contribution in [0, 0.1) is 6.92 Å². The fourth-order valence-electron chi connectivity index (χ4n) is 4.06. The van der Waals surface area contributed by atoms with Gasteiger partial charge in [0.1, 0.15) is 0 Å². The highest BCUT2D eigenvalue weighted by Gasteiger charge is 2.11. The number of ether oxygens (including phenoxy) is 2. The first-order valence-electron chi connectivity index (χ1n) is 11.8. The first-order valence-corrected chi connectivity index (χ1v) is 11.8. The summed E-state index contributed by atoms with van der Waals surface area (Å²) in [4.78, 5) is 22.0. The predicted molar refractivity (Wildman–Crippen MR) is 147 cm³/mol. The minimum absolute atomic E-state index is 0.174. The van der Waals surface area contributed by atoms with Crippen LogP contribution in [0.25, 0.3) is 22.0 Å². The summed E-state index contributed by atoms with van der Waals surface area (Å²) in [5.41, 5.74) is 4.65. The van der Waals surface area contributed by atoms with Crippen molar-refractivity contribution in [2.45, 2.75) is 6.92 Å². The lowest BCUT2D eigenvalue weighted by Gasteiger charge is -2.13. The second-order valence-electron chi connectivity index (χ2n) is 8.51. The first-order chi connectivity index (χ1) is 18.0. The van der Waals surface area contributed by atoms with Gasteiger partial charge >= 0.3 is 0 Å². The highest BCUT2D eigenvalue weighted by Crippen LogP contribution is 2.32. The molecule has 0 aliphatic rings. The van der Waals surface area contributed by atoms with Crippen molar-refractivity contribution in [3.05, 3.63) is 102 Å². The van der Waals surface area contributed by atoms with E-state index in [1.54, 1.807) is 20.4 Å². The Balaban J connectivity index is 1.36. The van der Waals surface area contributed by atoms with E-state index in [2.05, 4.69) is 20.6 Å². The van der Waals surface area contributed by atoms with Crippen LogP contribution in [0.5, 0.6) is 11.5 Å². The zero-order valence-electron chi connectivity index (χ0n) is 20.8. The van der Waals surface area contributed by atoms with Gasteiger partial charge in [0.15, 0.2) is 11.5 Å². The smallest absolute Gasteiger partial charge is 0.255 e. The molecule has 0 radical (unpaired) electrons. The minimum Gasteiger partial charge on any atom is -0.493 e. The monoisotopic (exact) mass is 490 g/mol. The zero-order valence-corrected chi connectivity index (χ0v) is 20.8. The van der Waals surface area contributed by atoms with E-state index in [0.29, 0.717) is 28.7 Å². The average molecular weight is 491 g/mol. The summed E-state index contributed by atoms with van der Waals surface area (Å²) >= 11 is 0. The van der Waals surface area contributed by atoms with E-state index in [4.69, 9.17) is 9.47 Å². The maximum absolute atomic E-state index is 12.9. The second-order valence-corrected chi connectivity index (χ2v) is 8.51. The highest BCUT2D eigenvalue weighted by atomic mass is 16.5. The lowest BCUT2D eigenvalue weighted by atomic mass is 10.1. The number of hydrogen-bond acceptors (Lipinski definition) is 6. The minimum atomic E-state index is -0.174. The Morgan fingerprint density at radius 3 is 2.43 bits per heavy atom. The molecule has 0 saturated heterocycles. The Bertz CT molecular complexity index is 1600. The largest absolute Gasteiger partial charge is 0.493 e. The van der Waals surface area contributed by atoms with Crippen LogP contribution in [0.2, 0.25) is 0 Å². The van der Waals surface area contributed by atoms with Gasteiger partial charge in [0, 0.05) is 28.7 Å². The van der Waals surface area contributed by atoms with Crippen molar-refractivity contribution in [3.8, 4) is 22.8 Å². The molecule has 1 amide bonds. The van der Waals surface area contributed by atoms with E-state index in [0.717, 1.165) is 33.3 Å². The molecular formula is C30H26N4O3. The molecule has 5 aromatic rings. The SMILES string of the molecule is COc1ccc(-c2ccnc(Nc3cc(NC(=O)c4ccc5ccccc5c4)ccc3C)n2)cc1OC. The van der Waals surface area contributed by atoms with Crippen LogP contribution in [-0.4, -0.2) is 30.1 Å². The number of benzene rings is 4. The first kappa shape index (κ1) is 23.8. The summed E-state index contributed by atoms with van der Waals surface area (Å²) in [6.45, 7) is 1.98. The highest BCUT2D eigenvalue weighted by molar-refractivity contribution is 6.06. The van der Waals surface area contributed by atoms with Crippen molar-refractivity contribution in [3.63, 3.8) is 0 Å². The molecule has 5 rings (SSSR count). The lowest BCUT2D eigenvalue weighted by Crippen LogP contribution is -2.12. The molecule has 0 fully saturated rings. The fourth-order valence-corrected chi connectivity index (χ4v) is 4.06. The summed E-state index contributed by atoms with van der Waals surface area (Å²) in [5.74, 6) is 1.54. The third-order valence-electron chi connectivity index (χ3n) is 6.09. The number of aryl methyl sites for hydroxylation is 1. The quantitative estimate of drug-likeness (QED) is 0.267. The number of nitrogens with one attached hydrogen (secondary N) is 2. The van der Waals surface area contributed by atoms with Crippen LogP contribution < -0.4 is 20.1 Å². The number of anilines is 3. The van der Waals surface area contributed by atoms with Gasteiger partial charge in [0.2, 0.25) is 5.95 Å². The number of carbonyl (C=O) groups excluding carboxylic acids is 1. The Morgan fingerprint density at radius 1 is 0.811 bits per heavy atom. The normalized spacial score (nSPS) is 10.7. The van der Waals surface area contributed by atoms with Crippen molar-refractivity contribution in [2.75, 3.05) is 24.9 Å². The van der Waals surface area contributed by atoms with Gasteiger partial charge in [-0.1, -0.05) is 36.4 Å². The standard InChI is InChI=1S/C30H26N4O3/c1-19-8-12-24(32-29(35)23-10-9-20-6-4-5-7-21(20)16-23)18-26(19)34-30-31-15-14-25(33-30)22-11-13-27(36-2)28(17-22)37-3/h4-18H,1-3H3,(H,32,35)(H,31,33,34). The summed E-state index contributed by atoms with van der Waals surface area (Å²) in [7, 11) is 3.20. The van der Waals surface area contributed by atoms with E-state index >= 15 is 0 Å². The molecule has 1 aromatic heterocycles. The van der Waals surface area contributed by atoms with Gasteiger partial charge in [-0.2, -0.15) is 0 Å². The van der Waals surface area contributed by atoms with Crippen LogP contribution in [0.1, 0.15) is 15.9 Å². The van der Waals surface area contributed by atoms with Crippen molar-refractivity contribution in [2.24, 2.45) is 0 Å². The van der Waals surface area contributed by atoms with Gasteiger partial charge in [-0.05, 0) is 71.8 Å². The number of aromatic nitrogens is 2. The predicted octanol–water partition coefficient (Wildman–Crippen LogP) is 6.62. The third-order valence-corrected chi connectivity index (χ3v) is 6.09. The fraction of sp³-hybridized carbons (Fsp3) is 0.100. The lowest BCUT2D eigenvalue weighted by molar-refractivity contribution is 0.102. The van der Waals surface area contributed by atoms with Crippen LogP contribution in [0.3, 0.4) is 0 Å². The summed E-state index contributed by atoms with van der Waals surface area (Å²) < 4.78 is 10.7. The Hall–Kier alpha value is -4.91. The molecule has 7 nitrogen and oxygen atoms in total. The molecule has 0 bridgehead atoms. The van der Waals surface area contributed by atoms with Crippen molar-refractivity contribution in [1.29, 1.82) is 0 Å². The van der Waals surface area contributed by atoms with E-state index in [-0.39, 0.29) is 5.91 Å². The van der Waals surface area contributed by atoms with Crippen molar-refractivity contribution >= 4 is 34.0 Å². The topological polar surface area (TPSA) is 85.4 Å². The zero-order chi connectivity index (χ0) is 25.8. The van der Waals surface area contributed by atoms with Crippen LogP contribution >= 0.6 is 0 Å². The average Bonchev–Trinajstić information content (AvgIpc) is 2.94. The van der Waals surface area contributed by atoms with Crippen molar-refractivity contribution in [1.82, 2.24) is 9.97 Å². The summed E-state index contributed by atoms with van der Waals surface area (Å²) in [6.07, 6.45) is 1.70. The number of carbonyl (C=O) groups is 1. The molecule has 7 heteroatoms. The summed E-state index contributed by atoms with van der Waals surface area (Å²) in [5, 5.41) is 8.39. The van der Waals surface area contributed by atoms with Crippen LogP contribution in [0.4, 0.5) is 17.3 Å². The van der Waals surface area contributed by atoms with Crippen molar-refractivity contribution < 1.29 is 14.3 Å². The van der Waals surface area contributed by atoms with E-state index < -0.39 is 0 Å². The molecule has 0 aliphatic carbocycles. The van der Waals surface area contributed by atoms with E-state index in [9.17, 15) is 4.79 Å². The molecular weight excluding hydrogens is 464 g/mol. The molecule has 2 N–H and O–H groups in total. The van der Waals surface area contributed by atoms with Crippen LogP contribution in [-0.2, 0) is 0 Å².